The molecule has 0 aromatic heterocycles. The monoisotopic (exact) mass is 822 g/mol. The van der Waals surface area contributed by atoms with Gasteiger partial charge in [-0.05, 0) is 20.3 Å². The van der Waals surface area contributed by atoms with Gasteiger partial charge in [-0.3, -0.25) is 9.35 Å². The van der Waals surface area contributed by atoms with Crippen molar-refractivity contribution in [1.29, 1.82) is 0 Å². The second-order valence-electron chi connectivity index (χ2n) is 14.0. The third kappa shape index (κ3) is 10.8. The van der Waals surface area contributed by atoms with Gasteiger partial charge < -0.3 is 82.7 Å². The molecule has 0 aromatic rings. The van der Waals surface area contributed by atoms with Crippen molar-refractivity contribution < 1.29 is 109 Å². The number of carbonyl (C=O) groups excluding carboxylic acids is 1. The largest absolute Gasteiger partial charge is 0.479 e. The number of carboxylic acids is 1. The predicted molar refractivity (Wildman–Crippen MR) is 171 cm³/mol. The maximum atomic E-state index is 12.2. The van der Waals surface area contributed by atoms with Crippen LogP contribution < -0.4 is 0 Å². The van der Waals surface area contributed by atoms with Crippen LogP contribution in [0.2, 0.25) is 0 Å². The molecule has 55 heavy (non-hydrogen) atoms. The first-order chi connectivity index (χ1) is 25.9. The van der Waals surface area contributed by atoms with Crippen LogP contribution in [0.25, 0.3) is 0 Å². The Balaban J connectivity index is 1.22. The second-order valence-corrected chi connectivity index (χ2v) is 15.0. The predicted octanol–water partition coefficient (Wildman–Crippen LogP) is -3.13. The Morgan fingerprint density at radius 1 is 0.709 bits per heavy atom. The van der Waals surface area contributed by atoms with Gasteiger partial charge in [0.15, 0.2) is 49.8 Å². The molecule has 5 aliphatic heterocycles. The molecular formula is C31H50O23S. The minimum absolute atomic E-state index is 0.0248. The lowest BCUT2D eigenvalue weighted by Gasteiger charge is -2.47. The lowest BCUT2D eigenvalue weighted by molar-refractivity contribution is -0.383. The lowest BCUT2D eigenvalue weighted by Crippen LogP contribution is -2.63. The molecule has 0 saturated carbocycles. The molecule has 0 amide bonds. The Labute approximate surface area is 315 Å². The zero-order chi connectivity index (χ0) is 40.4. The zero-order valence-corrected chi connectivity index (χ0v) is 31.0. The Kier molecular flexibility index (Phi) is 15.2. The molecule has 0 aliphatic carbocycles. The first-order valence-corrected chi connectivity index (χ1v) is 19.0. The van der Waals surface area contributed by atoms with Crippen molar-refractivity contribution in [1.82, 2.24) is 0 Å². The first-order valence-electron chi connectivity index (χ1n) is 17.7. The van der Waals surface area contributed by atoms with Crippen LogP contribution in [0.15, 0.2) is 0 Å². The highest BCUT2D eigenvalue weighted by molar-refractivity contribution is 7.80. The fourth-order valence-electron chi connectivity index (χ4n) is 7.04. The molecule has 0 spiro atoms. The van der Waals surface area contributed by atoms with Gasteiger partial charge in [0.1, 0.15) is 24.4 Å². The van der Waals surface area contributed by atoms with Crippen molar-refractivity contribution in [2.24, 2.45) is 5.92 Å². The number of ether oxygens (including phenoxy) is 11. The lowest BCUT2D eigenvalue weighted by atomic mass is 9.91. The van der Waals surface area contributed by atoms with Crippen molar-refractivity contribution in [3.8, 4) is 0 Å². The highest BCUT2D eigenvalue weighted by atomic mass is 32.3. The van der Waals surface area contributed by atoms with E-state index in [1.165, 1.54) is 14.0 Å². The highest BCUT2D eigenvalue weighted by Gasteiger charge is 2.54. The van der Waals surface area contributed by atoms with Crippen LogP contribution in [-0.4, -0.2) is 187 Å². The summed E-state index contributed by atoms with van der Waals surface area (Å²) in [6, 6.07) is 0. The van der Waals surface area contributed by atoms with Gasteiger partial charge in [-0.25, -0.2) is 8.98 Å². The summed E-state index contributed by atoms with van der Waals surface area (Å²) in [5.41, 5.74) is 0. The van der Waals surface area contributed by atoms with E-state index in [0.717, 1.165) is 0 Å². The summed E-state index contributed by atoms with van der Waals surface area (Å²) in [5, 5.41) is 62.7. The van der Waals surface area contributed by atoms with E-state index in [4.69, 9.17) is 56.3 Å². The third-order valence-corrected chi connectivity index (χ3v) is 10.5. The molecule has 5 rings (SSSR count). The summed E-state index contributed by atoms with van der Waals surface area (Å²) in [6.07, 6.45) is -25.5. The summed E-state index contributed by atoms with van der Waals surface area (Å²) in [4.78, 5) is 23.7. The molecule has 5 saturated heterocycles. The van der Waals surface area contributed by atoms with Gasteiger partial charge in [0.2, 0.25) is 6.29 Å². The van der Waals surface area contributed by atoms with Gasteiger partial charge in [-0.15, -0.1) is 0 Å². The number of hydrogen-bond donors (Lipinski definition) is 7. The molecule has 7 N–H and O–H groups in total. The maximum absolute atomic E-state index is 12.2. The third-order valence-electron chi connectivity index (χ3n) is 10.1. The SMILES string of the molecule is CO[C@@H]1C[C@@H](O)[C@H](O[C@@H]2OC(OC=O)[C@@H](O[C@@H]3CC[C@H](O[C@@H]4O[C@@H](C(=O)O)[C@@H](O[C@@H]5C[C@@H](O)[C@H](O)CO5)[C@H](O)C4C)C(C)O3)[C@H](O)C2OS(=O)(=O)O)C(C)O1. The van der Waals surface area contributed by atoms with Crippen LogP contribution >= 0.6 is 0 Å². The number of methoxy groups -OCH3 is 1. The van der Waals surface area contributed by atoms with E-state index < -0.39 is 139 Å². The number of rotatable bonds is 14. The van der Waals surface area contributed by atoms with Crippen molar-refractivity contribution in [2.75, 3.05) is 13.7 Å². The summed E-state index contributed by atoms with van der Waals surface area (Å²) in [5.74, 6) is -2.32. The molecule has 5 unspecified atom stereocenters. The van der Waals surface area contributed by atoms with E-state index in [0.29, 0.717) is 0 Å². The molecule has 20 atom stereocenters. The van der Waals surface area contributed by atoms with E-state index in [9.17, 15) is 53.2 Å². The Morgan fingerprint density at radius 3 is 1.98 bits per heavy atom. The number of carboxylic acid groups (broad SMARTS) is 1. The van der Waals surface area contributed by atoms with Gasteiger partial charge in [-0.1, -0.05) is 6.92 Å². The van der Waals surface area contributed by atoms with Gasteiger partial charge in [0.25, 0.3) is 6.47 Å². The standard InChI is InChI=1S/C31H50O23S/c1-11-21(36)24(50-20-7-14(33)16(35)9-44-20)27(28(38)39)52-29(11)48-17-5-6-18(46-12(17)2)49-25-22(37)26(54-55(40,41)42)31(53-30(25)45-10-32)51-23-13(3)47-19(43-4)8-15(23)34/h10-27,29-31,33-37H,5-9H2,1-4H3,(H,38,39)(H,40,41,42)/t11?,12?,13?,14-,15-,16-,17+,18-,19+,20-,21-,22+,23-,24+,25+,26?,27-,29-,30?,31-/m1/s1. The molecular weight excluding hydrogens is 772 g/mol. The zero-order valence-electron chi connectivity index (χ0n) is 30.2. The van der Waals surface area contributed by atoms with Crippen LogP contribution in [0, 0.1) is 5.92 Å². The number of aliphatic hydroxyl groups excluding tert-OH is 5. The second kappa shape index (κ2) is 18.9. The van der Waals surface area contributed by atoms with Gasteiger partial charge in [0.05, 0.1) is 43.2 Å². The Morgan fingerprint density at radius 2 is 1.38 bits per heavy atom. The highest BCUT2D eigenvalue weighted by Crippen LogP contribution is 2.37. The van der Waals surface area contributed by atoms with Crippen LogP contribution in [-0.2, 0) is 76.3 Å². The average Bonchev–Trinajstić information content (AvgIpc) is 3.11. The maximum Gasteiger partial charge on any atom is 0.397 e. The van der Waals surface area contributed by atoms with E-state index >= 15 is 0 Å². The summed E-state index contributed by atoms with van der Waals surface area (Å²) >= 11 is 0. The summed E-state index contributed by atoms with van der Waals surface area (Å²) in [6.45, 7) is 4.36. The molecule has 318 valence electrons. The van der Waals surface area contributed by atoms with E-state index in [-0.39, 0.29) is 38.8 Å². The molecule has 24 heteroatoms. The van der Waals surface area contributed by atoms with Crippen molar-refractivity contribution in [2.45, 2.75) is 164 Å². The van der Waals surface area contributed by atoms with Gasteiger partial charge in [0, 0.05) is 32.3 Å². The number of carbonyl (C=O) groups is 2. The molecule has 0 aromatic carbocycles. The van der Waals surface area contributed by atoms with Crippen molar-refractivity contribution in [3.63, 3.8) is 0 Å². The van der Waals surface area contributed by atoms with Crippen LogP contribution in [0.5, 0.6) is 0 Å². The normalized spacial score (nSPS) is 47.2. The summed E-state index contributed by atoms with van der Waals surface area (Å²) < 4.78 is 99.8. The molecule has 23 nitrogen and oxygen atoms in total. The number of hydrogen-bond acceptors (Lipinski definition) is 21. The Hall–Kier alpha value is -1.79. The molecule has 5 heterocycles. The van der Waals surface area contributed by atoms with Crippen LogP contribution in [0.4, 0.5) is 0 Å². The van der Waals surface area contributed by atoms with Crippen LogP contribution in [0.3, 0.4) is 0 Å². The van der Waals surface area contributed by atoms with E-state index in [1.54, 1.807) is 13.8 Å². The fraction of sp³-hybridized carbons (Fsp3) is 0.935. The Bertz CT molecular complexity index is 1360. The quantitative estimate of drug-likeness (QED) is 0.0673. The molecule has 5 fully saturated rings. The van der Waals surface area contributed by atoms with E-state index in [2.05, 4.69) is 0 Å². The van der Waals surface area contributed by atoms with E-state index in [1.807, 2.05) is 0 Å². The molecule has 5 aliphatic rings. The number of aliphatic carboxylic acids is 1. The first kappa shape index (κ1) is 44.3. The number of aliphatic hydroxyl groups is 5. The molecule has 0 radical (unpaired) electrons. The van der Waals surface area contributed by atoms with Crippen LogP contribution in [0.1, 0.15) is 46.5 Å². The molecule has 0 bridgehead atoms. The van der Waals surface area contributed by atoms with Gasteiger partial charge in [-0.2, -0.15) is 8.42 Å². The fourth-order valence-corrected chi connectivity index (χ4v) is 7.52. The smallest absolute Gasteiger partial charge is 0.397 e. The summed E-state index contributed by atoms with van der Waals surface area (Å²) in [7, 11) is -3.90. The topological polar surface area (TPSA) is 321 Å². The van der Waals surface area contributed by atoms with Gasteiger partial charge >= 0.3 is 16.4 Å². The minimum atomic E-state index is -5.27. The minimum Gasteiger partial charge on any atom is -0.479 e. The van der Waals surface area contributed by atoms with Crippen molar-refractivity contribution >= 4 is 22.8 Å². The van der Waals surface area contributed by atoms with Crippen molar-refractivity contribution in [3.05, 3.63) is 0 Å². The average molecular weight is 823 g/mol.